The van der Waals surface area contributed by atoms with E-state index in [0.717, 1.165) is 22.5 Å². The van der Waals surface area contributed by atoms with Gasteiger partial charge in [-0.05, 0) is 25.5 Å². The molecule has 28 heavy (non-hydrogen) atoms. The molecule has 2 aliphatic heterocycles. The molecule has 2 N–H and O–H groups in total. The maximum Gasteiger partial charge on any atom is 0.224 e. The Morgan fingerprint density at radius 1 is 1.29 bits per heavy atom. The van der Waals surface area contributed by atoms with Crippen LogP contribution in [0.25, 0.3) is 11.0 Å². The number of hydrogen-bond donors (Lipinski definition) is 2. The second-order valence-electron chi connectivity index (χ2n) is 7.45. The summed E-state index contributed by atoms with van der Waals surface area (Å²) >= 11 is 0. The Hall–Kier alpha value is -1.85. The average molecular weight is 414 g/mol. The van der Waals surface area contributed by atoms with Gasteiger partial charge >= 0.3 is 0 Å². The minimum absolute atomic E-state index is 0.187. The predicted molar refractivity (Wildman–Crippen MR) is 102 cm³/mol. The Kier molecular flexibility index (Phi) is 5.23. The van der Waals surface area contributed by atoms with Crippen molar-refractivity contribution < 1.29 is 17.2 Å². The first-order chi connectivity index (χ1) is 13.3. The molecule has 0 aliphatic carbocycles. The molecule has 0 amide bonds. The molecule has 0 aromatic carbocycles. The van der Waals surface area contributed by atoms with Gasteiger partial charge in [-0.25, -0.2) is 22.2 Å². The lowest BCUT2D eigenvalue weighted by atomic mass is 10.0. The molecule has 0 spiro atoms. The number of rotatable bonds is 4. The average Bonchev–Trinajstić information content (AvgIpc) is 3.06. The van der Waals surface area contributed by atoms with Crippen molar-refractivity contribution in [3.8, 4) is 0 Å². The molecule has 2 fully saturated rings. The van der Waals surface area contributed by atoms with Crippen LogP contribution in [0, 0.1) is 0 Å². The Labute approximate surface area is 162 Å². The fourth-order valence-corrected chi connectivity index (χ4v) is 4.75. The predicted octanol–water partition coefficient (Wildman–Crippen LogP) is 1.09. The van der Waals surface area contributed by atoms with E-state index >= 15 is 0 Å². The van der Waals surface area contributed by atoms with Gasteiger partial charge in [-0.1, -0.05) is 0 Å². The zero-order valence-electron chi connectivity index (χ0n) is 15.6. The van der Waals surface area contributed by atoms with Gasteiger partial charge in [-0.3, -0.25) is 0 Å². The third-order valence-electron chi connectivity index (χ3n) is 5.47. The lowest BCUT2D eigenvalue weighted by Gasteiger charge is -2.33. The number of fused-ring (bicyclic) bond motifs is 1. The largest absolute Gasteiger partial charge is 0.348 e. The van der Waals surface area contributed by atoms with Crippen LogP contribution in [0.1, 0.15) is 18.9 Å². The van der Waals surface area contributed by atoms with Crippen LogP contribution < -0.4 is 10.6 Å². The molecule has 4 rings (SSSR count). The standard InChI is InChI=1S/C17H24F2N6O2S/c1-28(26,27)24-6-4-14(13(19)10-24)22-17-21-8-11-3-7-25(16(11)23-17)15-2-5-20-9-12(15)18/h3,7-8,12-15,20H,2,4-6,9-10H2,1H3,(H,21,22,23)/t12-,13-,14-,15+/m1/s1. The lowest BCUT2D eigenvalue weighted by Crippen LogP contribution is -2.49. The van der Waals surface area contributed by atoms with Crippen molar-refractivity contribution in [2.24, 2.45) is 0 Å². The lowest BCUT2D eigenvalue weighted by molar-refractivity contribution is 0.186. The molecule has 0 bridgehead atoms. The molecular formula is C17H24F2N6O2S. The second kappa shape index (κ2) is 7.53. The molecule has 0 radical (unpaired) electrons. The summed E-state index contributed by atoms with van der Waals surface area (Å²) in [5, 5.41) is 6.82. The summed E-state index contributed by atoms with van der Waals surface area (Å²) in [7, 11) is -3.41. The van der Waals surface area contributed by atoms with Crippen LogP contribution in [0.2, 0.25) is 0 Å². The highest BCUT2D eigenvalue weighted by Crippen LogP contribution is 2.27. The number of nitrogens with one attached hydrogen (secondary N) is 2. The maximum absolute atomic E-state index is 14.5. The second-order valence-corrected chi connectivity index (χ2v) is 9.43. The molecule has 154 valence electrons. The van der Waals surface area contributed by atoms with Gasteiger partial charge in [0.05, 0.1) is 18.3 Å². The molecule has 2 saturated heterocycles. The van der Waals surface area contributed by atoms with Crippen molar-refractivity contribution in [2.75, 3.05) is 37.8 Å². The molecule has 2 aromatic rings. The van der Waals surface area contributed by atoms with E-state index in [0.29, 0.717) is 25.0 Å². The molecule has 4 atom stereocenters. The maximum atomic E-state index is 14.5. The molecule has 2 aromatic heterocycles. The molecule has 0 saturated carbocycles. The van der Waals surface area contributed by atoms with Crippen LogP contribution in [0.3, 0.4) is 0 Å². The summed E-state index contributed by atoms with van der Waals surface area (Å²) in [5.74, 6) is 0.261. The van der Waals surface area contributed by atoms with Gasteiger partial charge in [0.2, 0.25) is 16.0 Å². The van der Waals surface area contributed by atoms with E-state index in [-0.39, 0.29) is 25.1 Å². The minimum atomic E-state index is -3.41. The number of halogens is 2. The van der Waals surface area contributed by atoms with E-state index in [4.69, 9.17) is 0 Å². The summed E-state index contributed by atoms with van der Waals surface area (Å²) in [6.07, 6.45) is 3.13. The normalized spacial score (nSPS) is 29.8. The van der Waals surface area contributed by atoms with Gasteiger partial charge in [0, 0.05) is 37.4 Å². The smallest absolute Gasteiger partial charge is 0.224 e. The minimum Gasteiger partial charge on any atom is -0.348 e. The Morgan fingerprint density at radius 2 is 2.11 bits per heavy atom. The van der Waals surface area contributed by atoms with Crippen molar-refractivity contribution >= 4 is 27.0 Å². The van der Waals surface area contributed by atoms with E-state index in [1.165, 1.54) is 0 Å². The van der Waals surface area contributed by atoms with Crippen LogP contribution in [0.4, 0.5) is 14.7 Å². The number of hydrogen-bond acceptors (Lipinski definition) is 6. The monoisotopic (exact) mass is 414 g/mol. The van der Waals surface area contributed by atoms with Crippen LogP contribution in [0.15, 0.2) is 18.5 Å². The van der Waals surface area contributed by atoms with Gasteiger partial charge in [-0.2, -0.15) is 9.29 Å². The number of alkyl halides is 2. The molecule has 11 heteroatoms. The topological polar surface area (TPSA) is 92.2 Å². The van der Waals surface area contributed by atoms with Crippen LogP contribution in [-0.4, -0.2) is 78.1 Å². The summed E-state index contributed by atoms with van der Waals surface area (Å²) in [6.45, 7) is 1.11. The van der Waals surface area contributed by atoms with Crippen LogP contribution in [-0.2, 0) is 10.0 Å². The highest BCUT2D eigenvalue weighted by atomic mass is 32.2. The Bertz CT molecular complexity index is 952. The van der Waals surface area contributed by atoms with Crippen molar-refractivity contribution in [1.29, 1.82) is 0 Å². The van der Waals surface area contributed by atoms with Crippen molar-refractivity contribution in [1.82, 2.24) is 24.2 Å². The third kappa shape index (κ3) is 3.83. The number of nitrogens with zero attached hydrogens (tertiary/aromatic N) is 4. The third-order valence-corrected chi connectivity index (χ3v) is 6.74. The number of piperidine rings is 2. The quantitative estimate of drug-likeness (QED) is 0.778. The van der Waals surface area contributed by atoms with Crippen LogP contribution >= 0.6 is 0 Å². The van der Waals surface area contributed by atoms with E-state index in [1.807, 2.05) is 16.8 Å². The van der Waals surface area contributed by atoms with E-state index in [1.54, 1.807) is 6.20 Å². The molecule has 8 nitrogen and oxygen atoms in total. The highest BCUT2D eigenvalue weighted by Gasteiger charge is 2.34. The van der Waals surface area contributed by atoms with Crippen LogP contribution in [0.5, 0.6) is 0 Å². The molecular weight excluding hydrogens is 390 g/mol. The zero-order chi connectivity index (χ0) is 19.9. The first-order valence-corrected chi connectivity index (χ1v) is 11.2. The summed E-state index contributed by atoms with van der Waals surface area (Å²) in [5.41, 5.74) is 0.607. The van der Waals surface area contributed by atoms with Gasteiger partial charge in [0.1, 0.15) is 18.0 Å². The first kappa shape index (κ1) is 19.5. The number of anilines is 1. The van der Waals surface area contributed by atoms with Gasteiger partial charge in [0.15, 0.2) is 0 Å². The van der Waals surface area contributed by atoms with Crippen molar-refractivity contribution in [2.45, 2.75) is 37.3 Å². The Balaban J connectivity index is 1.53. The SMILES string of the molecule is CS(=O)(=O)N1CC[C@@H](Nc2ncc3ccn([C@H]4CCNC[C@H]4F)c3n2)[C@H](F)C1. The fourth-order valence-electron chi connectivity index (χ4n) is 3.90. The van der Waals surface area contributed by atoms with E-state index < -0.39 is 28.4 Å². The molecule has 4 heterocycles. The Morgan fingerprint density at radius 3 is 2.82 bits per heavy atom. The van der Waals surface area contributed by atoms with Gasteiger partial charge in [0.25, 0.3) is 0 Å². The highest BCUT2D eigenvalue weighted by molar-refractivity contribution is 7.88. The molecule has 0 unspecified atom stereocenters. The first-order valence-electron chi connectivity index (χ1n) is 9.37. The zero-order valence-corrected chi connectivity index (χ0v) is 16.4. The summed E-state index contributed by atoms with van der Waals surface area (Å²) in [4.78, 5) is 8.74. The fraction of sp³-hybridized carbons (Fsp3) is 0.647. The van der Waals surface area contributed by atoms with E-state index in [2.05, 4.69) is 20.6 Å². The molecule has 2 aliphatic rings. The number of sulfonamides is 1. The van der Waals surface area contributed by atoms with Gasteiger partial charge in [-0.15, -0.1) is 0 Å². The van der Waals surface area contributed by atoms with Gasteiger partial charge < -0.3 is 15.2 Å². The van der Waals surface area contributed by atoms with Crippen molar-refractivity contribution in [3.63, 3.8) is 0 Å². The summed E-state index contributed by atoms with van der Waals surface area (Å²) in [6, 6.07) is 0.969. The van der Waals surface area contributed by atoms with E-state index in [9.17, 15) is 17.2 Å². The van der Waals surface area contributed by atoms with Crippen molar-refractivity contribution in [3.05, 3.63) is 18.5 Å². The number of aromatic nitrogens is 3. The summed E-state index contributed by atoms with van der Waals surface area (Å²) < 4.78 is 55.0.